The van der Waals surface area contributed by atoms with Gasteiger partial charge in [0.25, 0.3) is 11.8 Å². The van der Waals surface area contributed by atoms with E-state index in [2.05, 4.69) is 4.98 Å². The van der Waals surface area contributed by atoms with E-state index in [-0.39, 0.29) is 42.8 Å². The van der Waals surface area contributed by atoms with Crippen molar-refractivity contribution in [1.82, 2.24) is 14.8 Å². The summed E-state index contributed by atoms with van der Waals surface area (Å²) in [6.45, 7) is 2.65. The Bertz CT molecular complexity index is 944. The Labute approximate surface area is 176 Å². The molecule has 0 unspecified atom stereocenters. The number of hydrogen-bond donors (Lipinski definition) is 0. The summed E-state index contributed by atoms with van der Waals surface area (Å²) >= 11 is 6.09. The van der Waals surface area contributed by atoms with Gasteiger partial charge in [-0.05, 0) is 25.1 Å². The number of pyridine rings is 1. The summed E-state index contributed by atoms with van der Waals surface area (Å²) in [6.07, 6.45) is -4.63. The SMILES string of the molecule is CCOc1ccc(Cl)c(C(=O)N2CCN(C(=O)c3ccccc3C(F)(F)F)CC2)n1. The molecule has 0 bridgehead atoms. The molecule has 0 spiro atoms. The highest BCUT2D eigenvalue weighted by atomic mass is 35.5. The molecule has 3 rings (SSSR count). The number of halogens is 4. The average Bonchev–Trinajstić information content (AvgIpc) is 2.74. The first-order valence-corrected chi connectivity index (χ1v) is 9.64. The molecule has 0 radical (unpaired) electrons. The van der Waals surface area contributed by atoms with Crippen molar-refractivity contribution in [2.75, 3.05) is 32.8 Å². The highest BCUT2D eigenvalue weighted by Crippen LogP contribution is 2.32. The van der Waals surface area contributed by atoms with Gasteiger partial charge in [0, 0.05) is 32.2 Å². The molecule has 2 aromatic rings. The lowest BCUT2D eigenvalue weighted by atomic mass is 10.1. The number of ether oxygens (including phenoxy) is 1. The van der Waals surface area contributed by atoms with E-state index in [1.807, 2.05) is 0 Å². The van der Waals surface area contributed by atoms with Gasteiger partial charge in [-0.1, -0.05) is 23.7 Å². The van der Waals surface area contributed by atoms with Crippen LogP contribution < -0.4 is 4.74 Å². The van der Waals surface area contributed by atoms with Gasteiger partial charge in [0.1, 0.15) is 0 Å². The van der Waals surface area contributed by atoms with Crippen LogP contribution in [0.3, 0.4) is 0 Å². The molecule has 1 saturated heterocycles. The standard InChI is InChI=1S/C20H19ClF3N3O3/c1-2-30-16-8-7-15(21)17(25-16)19(29)27-11-9-26(10-12-27)18(28)13-5-3-4-6-14(13)20(22,23)24/h3-8H,2,9-12H2,1H3. The van der Waals surface area contributed by atoms with Gasteiger partial charge >= 0.3 is 6.18 Å². The lowest BCUT2D eigenvalue weighted by Gasteiger charge is -2.35. The first-order chi connectivity index (χ1) is 14.2. The number of carbonyl (C=O) groups is 2. The number of rotatable bonds is 4. The number of carbonyl (C=O) groups excluding carboxylic acids is 2. The summed E-state index contributed by atoms with van der Waals surface area (Å²) < 4.78 is 44.9. The molecular formula is C20H19ClF3N3O3. The van der Waals surface area contributed by atoms with E-state index >= 15 is 0 Å². The zero-order valence-electron chi connectivity index (χ0n) is 16.1. The fourth-order valence-electron chi connectivity index (χ4n) is 3.15. The van der Waals surface area contributed by atoms with Gasteiger partial charge in [-0.2, -0.15) is 13.2 Å². The molecule has 1 aliphatic heterocycles. The fourth-order valence-corrected chi connectivity index (χ4v) is 3.34. The topological polar surface area (TPSA) is 62.7 Å². The maximum atomic E-state index is 13.2. The van der Waals surface area contributed by atoms with Gasteiger partial charge in [0.2, 0.25) is 5.88 Å². The van der Waals surface area contributed by atoms with E-state index in [4.69, 9.17) is 16.3 Å². The Kier molecular flexibility index (Phi) is 6.50. The molecule has 0 saturated carbocycles. The third-order valence-electron chi connectivity index (χ3n) is 4.63. The third kappa shape index (κ3) is 4.67. The maximum absolute atomic E-state index is 13.2. The predicted molar refractivity (Wildman–Crippen MR) is 104 cm³/mol. The Balaban J connectivity index is 1.71. The normalized spacial score (nSPS) is 14.6. The number of piperazine rings is 1. The zero-order chi connectivity index (χ0) is 21.9. The molecule has 0 aliphatic carbocycles. The van der Waals surface area contributed by atoms with Crippen LogP contribution >= 0.6 is 11.6 Å². The number of aromatic nitrogens is 1. The summed E-state index contributed by atoms with van der Waals surface area (Å²) in [7, 11) is 0. The van der Waals surface area contributed by atoms with E-state index in [0.717, 1.165) is 12.1 Å². The van der Waals surface area contributed by atoms with Crippen LogP contribution in [0.1, 0.15) is 33.3 Å². The molecule has 0 atom stereocenters. The molecule has 2 heterocycles. The van der Waals surface area contributed by atoms with Crippen LogP contribution in [0.4, 0.5) is 13.2 Å². The second-order valence-corrected chi connectivity index (χ2v) is 6.95. The highest BCUT2D eigenvalue weighted by molar-refractivity contribution is 6.33. The van der Waals surface area contributed by atoms with Gasteiger partial charge in [0.05, 0.1) is 22.8 Å². The summed E-state index contributed by atoms with van der Waals surface area (Å²) in [5.41, 5.74) is -1.35. The van der Waals surface area contributed by atoms with Crippen molar-refractivity contribution >= 4 is 23.4 Å². The molecule has 1 aromatic heterocycles. The fraction of sp³-hybridized carbons (Fsp3) is 0.350. The minimum atomic E-state index is -4.63. The van der Waals surface area contributed by atoms with Gasteiger partial charge in [-0.25, -0.2) is 4.98 Å². The molecule has 30 heavy (non-hydrogen) atoms. The van der Waals surface area contributed by atoms with Crippen molar-refractivity contribution < 1.29 is 27.5 Å². The van der Waals surface area contributed by atoms with E-state index in [9.17, 15) is 22.8 Å². The van der Waals surface area contributed by atoms with E-state index < -0.39 is 29.1 Å². The van der Waals surface area contributed by atoms with E-state index in [1.165, 1.54) is 28.0 Å². The van der Waals surface area contributed by atoms with Crippen LogP contribution in [-0.2, 0) is 6.18 Å². The minimum Gasteiger partial charge on any atom is -0.478 e. The van der Waals surface area contributed by atoms with Crippen LogP contribution in [0, 0.1) is 0 Å². The van der Waals surface area contributed by atoms with E-state index in [1.54, 1.807) is 13.0 Å². The zero-order valence-corrected chi connectivity index (χ0v) is 16.8. The molecule has 1 aliphatic rings. The van der Waals surface area contributed by atoms with E-state index in [0.29, 0.717) is 6.61 Å². The molecule has 1 fully saturated rings. The van der Waals surface area contributed by atoms with Crippen LogP contribution in [0.25, 0.3) is 0 Å². The van der Waals surface area contributed by atoms with Crippen molar-refractivity contribution in [3.05, 3.63) is 58.2 Å². The number of amides is 2. The van der Waals surface area contributed by atoms with Crippen LogP contribution in [0.5, 0.6) is 5.88 Å². The lowest BCUT2D eigenvalue weighted by Crippen LogP contribution is -2.51. The molecule has 1 aromatic carbocycles. The first-order valence-electron chi connectivity index (χ1n) is 9.26. The Morgan fingerprint density at radius 1 is 1.03 bits per heavy atom. The largest absolute Gasteiger partial charge is 0.478 e. The first kappa shape index (κ1) is 21.9. The Hall–Kier alpha value is -2.81. The van der Waals surface area contributed by atoms with Crippen molar-refractivity contribution in [3.8, 4) is 5.88 Å². The van der Waals surface area contributed by atoms with Crippen molar-refractivity contribution in [1.29, 1.82) is 0 Å². The van der Waals surface area contributed by atoms with Crippen LogP contribution in [0.2, 0.25) is 5.02 Å². The van der Waals surface area contributed by atoms with Crippen LogP contribution in [0.15, 0.2) is 36.4 Å². The second-order valence-electron chi connectivity index (χ2n) is 6.54. The van der Waals surface area contributed by atoms with Gasteiger partial charge in [0.15, 0.2) is 5.69 Å². The lowest BCUT2D eigenvalue weighted by molar-refractivity contribution is -0.138. The maximum Gasteiger partial charge on any atom is 0.417 e. The van der Waals surface area contributed by atoms with Gasteiger partial charge in [-0.15, -0.1) is 0 Å². The van der Waals surface area contributed by atoms with Crippen molar-refractivity contribution in [3.63, 3.8) is 0 Å². The second kappa shape index (κ2) is 8.91. The number of hydrogen-bond acceptors (Lipinski definition) is 4. The predicted octanol–water partition coefficient (Wildman–Crippen LogP) is 3.75. The monoisotopic (exact) mass is 441 g/mol. The molecule has 0 N–H and O–H groups in total. The molecular weight excluding hydrogens is 423 g/mol. The summed E-state index contributed by atoms with van der Waals surface area (Å²) in [5.74, 6) is -0.878. The smallest absolute Gasteiger partial charge is 0.417 e. The van der Waals surface area contributed by atoms with Gasteiger partial charge in [-0.3, -0.25) is 9.59 Å². The Morgan fingerprint density at radius 3 is 2.23 bits per heavy atom. The summed E-state index contributed by atoms with van der Waals surface area (Å²) in [5, 5.41) is 0.168. The molecule has 160 valence electrons. The summed E-state index contributed by atoms with van der Waals surface area (Å²) in [4.78, 5) is 32.3. The number of benzene rings is 1. The highest BCUT2D eigenvalue weighted by Gasteiger charge is 2.36. The molecule has 2 amide bonds. The molecule has 10 heteroatoms. The van der Waals surface area contributed by atoms with Crippen molar-refractivity contribution in [2.24, 2.45) is 0 Å². The van der Waals surface area contributed by atoms with Gasteiger partial charge < -0.3 is 14.5 Å². The Morgan fingerprint density at radius 2 is 1.63 bits per heavy atom. The summed E-state index contributed by atoms with van der Waals surface area (Å²) in [6, 6.07) is 7.74. The molecule has 6 nitrogen and oxygen atoms in total. The quantitative estimate of drug-likeness (QED) is 0.725. The average molecular weight is 442 g/mol. The number of nitrogens with zero attached hydrogens (tertiary/aromatic N) is 3. The third-order valence-corrected chi connectivity index (χ3v) is 4.94. The minimum absolute atomic E-state index is 0.0322. The number of alkyl halides is 3. The van der Waals surface area contributed by atoms with Crippen molar-refractivity contribution in [2.45, 2.75) is 13.1 Å². The van der Waals surface area contributed by atoms with Crippen LogP contribution in [-0.4, -0.2) is 59.4 Å².